The Morgan fingerprint density at radius 2 is 1.76 bits per heavy atom. The summed E-state index contributed by atoms with van der Waals surface area (Å²) in [5, 5.41) is 8.85. The third-order valence-corrected chi connectivity index (χ3v) is 6.67. The number of nitrogens with one attached hydrogen (secondary N) is 2. The van der Waals surface area contributed by atoms with Gasteiger partial charge in [-0.3, -0.25) is 9.59 Å². The lowest BCUT2D eigenvalue weighted by Gasteiger charge is -2.07. The summed E-state index contributed by atoms with van der Waals surface area (Å²) in [7, 11) is 0. The second-order valence-corrected chi connectivity index (χ2v) is 9.57. The van der Waals surface area contributed by atoms with Crippen LogP contribution in [0.4, 0.5) is 10.8 Å². The van der Waals surface area contributed by atoms with E-state index in [0.29, 0.717) is 21.4 Å². The van der Waals surface area contributed by atoms with Crippen LogP contribution in [0.5, 0.6) is 0 Å². The highest BCUT2D eigenvalue weighted by atomic mass is 35.5. The van der Waals surface area contributed by atoms with Gasteiger partial charge in [0.1, 0.15) is 0 Å². The van der Waals surface area contributed by atoms with Crippen LogP contribution in [0.25, 0.3) is 11.3 Å². The molecule has 0 radical (unpaired) electrons. The molecular formula is C25H20ClN3O2S2. The molecule has 166 valence electrons. The van der Waals surface area contributed by atoms with Crippen LogP contribution in [0.2, 0.25) is 5.02 Å². The van der Waals surface area contributed by atoms with Gasteiger partial charge >= 0.3 is 0 Å². The summed E-state index contributed by atoms with van der Waals surface area (Å²) in [6.07, 6.45) is 0. The highest BCUT2D eigenvalue weighted by Crippen LogP contribution is 2.27. The van der Waals surface area contributed by atoms with Gasteiger partial charge in [-0.2, -0.15) is 0 Å². The van der Waals surface area contributed by atoms with Crippen molar-refractivity contribution in [2.45, 2.75) is 11.8 Å². The van der Waals surface area contributed by atoms with Gasteiger partial charge in [-0.05, 0) is 55.5 Å². The van der Waals surface area contributed by atoms with Crippen LogP contribution >= 0.6 is 34.7 Å². The van der Waals surface area contributed by atoms with Gasteiger partial charge in [0, 0.05) is 32.1 Å². The van der Waals surface area contributed by atoms with E-state index < -0.39 is 0 Å². The van der Waals surface area contributed by atoms with Gasteiger partial charge in [0.2, 0.25) is 5.91 Å². The lowest BCUT2D eigenvalue weighted by Crippen LogP contribution is -2.13. The molecule has 0 aliphatic heterocycles. The average molecular weight is 494 g/mol. The quantitative estimate of drug-likeness (QED) is 0.279. The number of nitrogens with zero attached hydrogens (tertiary/aromatic N) is 1. The van der Waals surface area contributed by atoms with Crippen molar-refractivity contribution < 1.29 is 9.59 Å². The van der Waals surface area contributed by atoms with E-state index in [1.165, 1.54) is 23.1 Å². The Bertz CT molecular complexity index is 1270. The first-order valence-electron chi connectivity index (χ1n) is 10.1. The van der Waals surface area contributed by atoms with E-state index in [4.69, 9.17) is 11.6 Å². The molecule has 0 unspecified atom stereocenters. The number of benzene rings is 3. The minimum absolute atomic E-state index is 0.131. The fraction of sp³-hybridized carbons (Fsp3) is 0.0800. The van der Waals surface area contributed by atoms with Crippen LogP contribution in [-0.4, -0.2) is 22.6 Å². The van der Waals surface area contributed by atoms with Crippen molar-refractivity contribution in [3.05, 3.63) is 94.3 Å². The molecule has 0 fully saturated rings. The fourth-order valence-electron chi connectivity index (χ4n) is 3.01. The Balaban J connectivity index is 1.27. The zero-order valence-corrected chi connectivity index (χ0v) is 20.1. The van der Waals surface area contributed by atoms with E-state index in [0.717, 1.165) is 21.7 Å². The first-order valence-corrected chi connectivity index (χ1v) is 12.3. The number of halogens is 1. The molecule has 4 aromatic rings. The predicted molar refractivity (Wildman–Crippen MR) is 137 cm³/mol. The zero-order valence-electron chi connectivity index (χ0n) is 17.7. The molecule has 2 amide bonds. The molecule has 3 aromatic carbocycles. The Labute approximate surface area is 205 Å². The third-order valence-electron chi connectivity index (χ3n) is 4.65. The number of carbonyl (C=O) groups is 2. The number of aryl methyl sites for hydroxylation is 1. The highest BCUT2D eigenvalue weighted by molar-refractivity contribution is 8.00. The molecule has 2 N–H and O–H groups in total. The third kappa shape index (κ3) is 6.44. The van der Waals surface area contributed by atoms with Crippen LogP contribution in [-0.2, 0) is 4.79 Å². The van der Waals surface area contributed by atoms with Crippen LogP contribution in [0, 0.1) is 6.92 Å². The molecule has 1 heterocycles. The van der Waals surface area contributed by atoms with Gasteiger partial charge in [0.25, 0.3) is 5.91 Å². The van der Waals surface area contributed by atoms with Gasteiger partial charge in [-0.1, -0.05) is 41.4 Å². The summed E-state index contributed by atoms with van der Waals surface area (Å²) >= 11 is 8.72. The van der Waals surface area contributed by atoms with Gasteiger partial charge in [-0.25, -0.2) is 4.98 Å². The van der Waals surface area contributed by atoms with Gasteiger partial charge in [0.05, 0.1) is 11.4 Å². The summed E-state index contributed by atoms with van der Waals surface area (Å²) in [4.78, 5) is 30.1. The SMILES string of the molecule is Cc1cccc(C(=O)Nc2ccc(SCC(=O)Nc3nc(-c4ccc(Cl)cc4)cs3)cc2)c1. The first kappa shape index (κ1) is 23.0. The van der Waals surface area contributed by atoms with Crippen molar-refractivity contribution in [1.29, 1.82) is 0 Å². The summed E-state index contributed by atoms with van der Waals surface area (Å²) in [6.45, 7) is 1.95. The summed E-state index contributed by atoms with van der Waals surface area (Å²) in [5.74, 6) is -0.0288. The highest BCUT2D eigenvalue weighted by Gasteiger charge is 2.10. The Hall–Kier alpha value is -3.13. The van der Waals surface area contributed by atoms with Crippen LogP contribution in [0.3, 0.4) is 0 Å². The maximum absolute atomic E-state index is 12.4. The predicted octanol–water partition coefficient (Wildman–Crippen LogP) is 6.76. The topological polar surface area (TPSA) is 71.1 Å². The van der Waals surface area contributed by atoms with E-state index in [1.54, 1.807) is 6.07 Å². The van der Waals surface area contributed by atoms with Crippen molar-refractivity contribution >= 4 is 57.3 Å². The van der Waals surface area contributed by atoms with E-state index in [2.05, 4.69) is 15.6 Å². The number of thioether (sulfide) groups is 1. The molecule has 0 spiro atoms. The smallest absolute Gasteiger partial charge is 0.255 e. The number of amides is 2. The van der Waals surface area contributed by atoms with E-state index in [-0.39, 0.29) is 17.6 Å². The largest absolute Gasteiger partial charge is 0.322 e. The summed E-state index contributed by atoms with van der Waals surface area (Å²) in [6, 6.07) is 22.3. The summed E-state index contributed by atoms with van der Waals surface area (Å²) in [5.41, 5.74) is 4.09. The lowest BCUT2D eigenvalue weighted by molar-refractivity contribution is -0.113. The maximum Gasteiger partial charge on any atom is 0.255 e. The molecule has 0 saturated heterocycles. The minimum Gasteiger partial charge on any atom is -0.322 e. The monoisotopic (exact) mass is 493 g/mol. The fourth-order valence-corrected chi connectivity index (χ4v) is 4.57. The van der Waals surface area contributed by atoms with Crippen molar-refractivity contribution in [3.63, 3.8) is 0 Å². The number of rotatable bonds is 7. The Morgan fingerprint density at radius 3 is 2.48 bits per heavy atom. The lowest BCUT2D eigenvalue weighted by atomic mass is 10.1. The number of aromatic nitrogens is 1. The van der Waals surface area contributed by atoms with Crippen molar-refractivity contribution in [2.24, 2.45) is 0 Å². The van der Waals surface area contributed by atoms with Crippen molar-refractivity contribution in [1.82, 2.24) is 4.98 Å². The molecule has 0 aliphatic carbocycles. The van der Waals surface area contributed by atoms with Gasteiger partial charge in [-0.15, -0.1) is 23.1 Å². The van der Waals surface area contributed by atoms with E-state index >= 15 is 0 Å². The second-order valence-electron chi connectivity index (χ2n) is 7.23. The maximum atomic E-state index is 12.4. The van der Waals surface area contributed by atoms with E-state index in [9.17, 15) is 9.59 Å². The molecule has 1 aromatic heterocycles. The molecule has 0 bridgehead atoms. The van der Waals surface area contributed by atoms with Crippen molar-refractivity contribution in [2.75, 3.05) is 16.4 Å². The molecule has 4 rings (SSSR count). The zero-order chi connectivity index (χ0) is 23.2. The van der Waals surface area contributed by atoms with E-state index in [1.807, 2.05) is 79.0 Å². The van der Waals surface area contributed by atoms with Gasteiger partial charge in [0.15, 0.2) is 5.13 Å². The normalized spacial score (nSPS) is 10.6. The standard InChI is InChI=1S/C25H20ClN3O2S2/c1-16-3-2-4-18(13-16)24(31)27-20-9-11-21(12-10-20)32-15-23(30)29-25-28-22(14-33-25)17-5-7-19(26)8-6-17/h2-14H,15H2,1H3,(H,27,31)(H,28,29,30). The Kier molecular flexibility index (Phi) is 7.44. The van der Waals surface area contributed by atoms with Crippen LogP contribution < -0.4 is 10.6 Å². The van der Waals surface area contributed by atoms with Crippen molar-refractivity contribution in [3.8, 4) is 11.3 Å². The number of carbonyl (C=O) groups excluding carboxylic acids is 2. The molecule has 8 heteroatoms. The minimum atomic E-state index is -0.153. The van der Waals surface area contributed by atoms with Crippen LogP contribution in [0.1, 0.15) is 15.9 Å². The molecule has 5 nitrogen and oxygen atoms in total. The van der Waals surface area contributed by atoms with Gasteiger partial charge < -0.3 is 10.6 Å². The molecule has 0 atom stereocenters. The summed E-state index contributed by atoms with van der Waals surface area (Å²) < 4.78 is 0. The number of hydrogen-bond donors (Lipinski definition) is 2. The molecular weight excluding hydrogens is 474 g/mol. The van der Waals surface area contributed by atoms with Crippen LogP contribution in [0.15, 0.2) is 83.1 Å². The molecule has 33 heavy (non-hydrogen) atoms. The average Bonchev–Trinajstić information content (AvgIpc) is 3.27. The number of anilines is 2. The Morgan fingerprint density at radius 1 is 1.00 bits per heavy atom. The molecule has 0 saturated carbocycles. The molecule has 0 aliphatic rings. The first-order chi connectivity index (χ1) is 16.0. The number of hydrogen-bond acceptors (Lipinski definition) is 5. The number of thiazole rings is 1. The second kappa shape index (κ2) is 10.7.